The van der Waals surface area contributed by atoms with Gasteiger partial charge in [0.05, 0.1) is 18.2 Å². The Bertz CT molecular complexity index is 1380. The summed E-state index contributed by atoms with van der Waals surface area (Å²) in [6.07, 6.45) is 0.880. The number of nitriles is 1. The van der Waals surface area contributed by atoms with Crippen LogP contribution in [0.2, 0.25) is 0 Å². The number of piperazine rings is 1. The number of amides is 1. The van der Waals surface area contributed by atoms with Gasteiger partial charge < -0.3 is 10.4 Å². The van der Waals surface area contributed by atoms with Crippen molar-refractivity contribution in [3.05, 3.63) is 50.6 Å². The molecule has 1 aromatic carbocycles. The number of likely N-dealkylation sites (N-methyl/N-ethyl adjacent to an activating group) is 1. The molecule has 1 unspecified atom stereocenters. The molecule has 0 radical (unpaired) electrons. The third-order valence-corrected chi connectivity index (χ3v) is 9.38. The minimum atomic E-state index is -0.621. The number of rotatable bonds is 3. The SMILES string of the molecule is CC1=C(C)C(=O)C2=C(CC3[C@H]4c5c(cc(C)c(C)c5O)C[C@@H]([C@H](C#N)N3[C@H]2CNC(=O)C(C)C)N4C)C1=O. The van der Waals surface area contributed by atoms with E-state index in [1.54, 1.807) is 27.7 Å². The van der Waals surface area contributed by atoms with E-state index >= 15 is 0 Å². The molecule has 0 aromatic heterocycles. The normalized spacial score (nSPS) is 29.2. The standard InChI is InChI=1S/C30H36N4O4/c1-13(2)30(38)32-12-23-25-19(27(35)16(5)17(6)29(25)37)10-21-26-24-18(8-14(3)15(4)28(24)36)9-20(33(26)7)22(11-31)34(21)23/h8,13,20-23,26,36H,9-10,12H2,1-7H3,(H,32,38)/t20-,21?,22-,23-,26-/m0/s1. The molecular formula is C30H36N4O4. The fourth-order valence-corrected chi connectivity index (χ4v) is 6.98. The van der Waals surface area contributed by atoms with Gasteiger partial charge in [-0.1, -0.05) is 19.9 Å². The molecular weight excluding hydrogens is 480 g/mol. The Labute approximate surface area is 224 Å². The maximum Gasteiger partial charge on any atom is 0.222 e. The largest absolute Gasteiger partial charge is 0.507 e. The molecule has 4 aliphatic rings. The van der Waals surface area contributed by atoms with Crippen molar-refractivity contribution in [3.63, 3.8) is 0 Å². The number of allylic oxidation sites excluding steroid dienone is 2. The van der Waals surface area contributed by atoms with Crippen molar-refractivity contribution in [1.29, 1.82) is 5.26 Å². The first-order valence-corrected chi connectivity index (χ1v) is 13.4. The predicted molar refractivity (Wildman–Crippen MR) is 142 cm³/mol. The van der Waals surface area contributed by atoms with Crippen LogP contribution in [0.4, 0.5) is 0 Å². The van der Waals surface area contributed by atoms with E-state index in [0.29, 0.717) is 35.1 Å². The van der Waals surface area contributed by atoms with Crippen molar-refractivity contribution in [2.45, 2.75) is 84.6 Å². The van der Waals surface area contributed by atoms with Gasteiger partial charge in [-0.2, -0.15) is 5.26 Å². The molecule has 8 heteroatoms. The van der Waals surface area contributed by atoms with Crippen LogP contribution in [0.25, 0.3) is 0 Å². The van der Waals surface area contributed by atoms with Crippen LogP contribution in [0.15, 0.2) is 28.4 Å². The Morgan fingerprint density at radius 2 is 1.79 bits per heavy atom. The second-order valence-corrected chi connectivity index (χ2v) is 11.6. The van der Waals surface area contributed by atoms with Crippen LogP contribution < -0.4 is 5.32 Å². The number of nitrogens with zero attached hydrogens (tertiary/aromatic N) is 3. The number of aryl methyl sites for hydroxylation is 1. The number of phenols is 1. The number of carbonyl (C=O) groups excluding carboxylic acids is 3. The van der Waals surface area contributed by atoms with Crippen LogP contribution in [-0.2, 0) is 20.8 Å². The van der Waals surface area contributed by atoms with E-state index in [1.807, 2.05) is 20.9 Å². The maximum absolute atomic E-state index is 13.7. The van der Waals surface area contributed by atoms with Crippen LogP contribution in [0.1, 0.15) is 62.4 Å². The molecule has 200 valence electrons. The topological polar surface area (TPSA) is 114 Å². The van der Waals surface area contributed by atoms with E-state index in [2.05, 4.69) is 27.3 Å². The summed E-state index contributed by atoms with van der Waals surface area (Å²) in [6, 6.07) is 2.66. The van der Waals surface area contributed by atoms with Gasteiger partial charge in [-0.3, -0.25) is 24.2 Å². The lowest BCUT2D eigenvalue weighted by Gasteiger charge is -2.60. The van der Waals surface area contributed by atoms with Crippen LogP contribution in [-0.4, -0.2) is 70.1 Å². The lowest BCUT2D eigenvalue weighted by Crippen LogP contribution is -2.71. The molecule has 1 aromatic rings. The summed E-state index contributed by atoms with van der Waals surface area (Å²) in [5.74, 6) is -0.466. The lowest BCUT2D eigenvalue weighted by atomic mass is 9.69. The van der Waals surface area contributed by atoms with Gasteiger partial charge in [-0.15, -0.1) is 0 Å². The first-order chi connectivity index (χ1) is 17.9. The number of fused-ring (bicyclic) bond motifs is 6. The summed E-state index contributed by atoms with van der Waals surface area (Å²) in [6.45, 7) is 11.0. The monoisotopic (exact) mass is 516 g/mol. The molecule has 2 N–H and O–H groups in total. The summed E-state index contributed by atoms with van der Waals surface area (Å²) in [5, 5.41) is 24.9. The van der Waals surface area contributed by atoms with Gasteiger partial charge in [0, 0.05) is 52.4 Å². The second kappa shape index (κ2) is 9.18. The number of Topliss-reactive ketones (excluding diaryl/α,β-unsaturated/α-hetero) is 2. The van der Waals surface area contributed by atoms with Gasteiger partial charge in [-0.25, -0.2) is 0 Å². The molecule has 5 rings (SSSR count). The van der Waals surface area contributed by atoms with Crippen LogP contribution >= 0.6 is 0 Å². The van der Waals surface area contributed by atoms with E-state index in [0.717, 1.165) is 22.3 Å². The Hall–Kier alpha value is -3.28. The zero-order valence-corrected chi connectivity index (χ0v) is 23.2. The van der Waals surface area contributed by atoms with Gasteiger partial charge in [0.2, 0.25) is 5.91 Å². The van der Waals surface area contributed by atoms with Crippen LogP contribution in [0, 0.1) is 31.1 Å². The Kier molecular flexibility index (Phi) is 6.36. The summed E-state index contributed by atoms with van der Waals surface area (Å²) in [7, 11) is 1.98. The number of hydrogen-bond donors (Lipinski definition) is 2. The number of benzene rings is 1. The molecule has 2 bridgehead atoms. The second-order valence-electron chi connectivity index (χ2n) is 11.6. The van der Waals surface area contributed by atoms with Gasteiger partial charge in [0.1, 0.15) is 11.8 Å². The van der Waals surface area contributed by atoms with E-state index in [9.17, 15) is 24.8 Å². The van der Waals surface area contributed by atoms with Gasteiger partial charge in [0.15, 0.2) is 11.6 Å². The molecule has 1 fully saturated rings. The summed E-state index contributed by atoms with van der Waals surface area (Å²) < 4.78 is 0. The molecule has 3 aliphatic heterocycles. The molecule has 1 saturated heterocycles. The minimum Gasteiger partial charge on any atom is -0.507 e. The van der Waals surface area contributed by atoms with Gasteiger partial charge in [-0.05, 0) is 64.3 Å². The van der Waals surface area contributed by atoms with Crippen LogP contribution in [0.3, 0.4) is 0 Å². The molecule has 1 amide bonds. The number of aromatic hydroxyl groups is 1. The Morgan fingerprint density at radius 1 is 1.13 bits per heavy atom. The third-order valence-electron chi connectivity index (χ3n) is 9.38. The van der Waals surface area contributed by atoms with E-state index in [4.69, 9.17) is 0 Å². The fourth-order valence-electron chi connectivity index (χ4n) is 6.98. The third kappa shape index (κ3) is 3.59. The molecule has 5 atom stereocenters. The minimum absolute atomic E-state index is 0.130. The molecule has 8 nitrogen and oxygen atoms in total. The smallest absolute Gasteiger partial charge is 0.222 e. The first-order valence-electron chi connectivity index (χ1n) is 13.4. The van der Waals surface area contributed by atoms with E-state index < -0.39 is 12.1 Å². The number of nitrogens with one attached hydrogen (secondary N) is 1. The zero-order chi connectivity index (χ0) is 27.8. The summed E-state index contributed by atoms with van der Waals surface area (Å²) in [4.78, 5) is 44.2. The average Bonchev–Trinajstić information content (AvgIpc) is 2.88. The molecule has 1 aliphatic carbocycles. The predicted octanol–water partition coefficient (Wildman–Crippen LogP) is 2.81. The van der Waals surface area contributed by atoms with Crippen molar-refractivity contribution in [1.82, 2.24) is 15.1 Å². The fraction of sp³-hybridized carbons (Fsp3) is 0.533. The molecule has 0 spiro atoms. The highest BCUT2D eigenvalue weighted by molar-refractivity contribution is 6.25. The summed E-state index contributed by atoms with van der Waals surface area (Å²) in [5.41, 5.74) is 5.44. The first kappa shape index (κ1) is 26.3. The lowest BCUT2D eigenvalue weighted by molar-refractivity contribution is -0.125. The molecule has 3 heterocycles. The summed E-state index contributed by atoms with van der Waals surface area (Å²) >= 11 is 0. The number of ketones is 2. The molecule has 0 saturated carbocycles. The molecule has 38 heavy (non-hydrogen) atoms. The Balaban J connectivity index is 1.72. The van der Waals surface area contributed by atoms with Crippen molar-refractivity contribution in [2.24, 2.45) is 5.92 Å². The number of carbonyl (C=O) groups is 3. The van der Waals surface area contributed by atoms with E-state index in [1.165, 1.54) is 0 Å². The Morgan fingerprint density at radius 3 is 2.42 bits per heavy atom. The van der Waals surface area contributed by atoms with Crippen molar-refractivity contribution in [2.75, 3.05) is 13.6 Å². The van der Waals surface area contributed by atoms with Crippen molar-refractivity contribution in [3.8, 4) is 11.8 Å². The average molecular weight is 517 g/mol. The number of hydrogen-bond acceptors (Lipinski definition) is 7. The maximum atomic E-state index is 13.7. The van der Waals surface area contributed by atoms with Gasteiger partial charge >= 0.3 is 0 Å². The zero-order valence-electron chi connectivity index (χ0n) is 23.2. The van der Waals surface area contributed by atoms with Gasteiger partial charge in [0.25, 0.3) is 0 Å². The number of phenolic OH excluding ortho intramolecular Hbond substituents is 1. The highest BCUT2D eigenvalue weighted by Crippen LogP contribution is 2.52. The van der Waals surface area contributed by atoms with E-state index in [-0.39, 0.29) is 53.8 Å². The van der Waals surface area contributed by atoms with Crippen molar-refractivity contribution >= 4 is 17.5 Å². The van der Waals surface area contributed by atoms with Crippen molar-refractivity contribution < 1.29 is 19.5 Å². The quantitative estimate of drug-likeness (QED) is 0.594. The highest BCUT2D eigenvalue weighted by Gasteiger charge is 2.57. The van der Waals surface area contributed by atoms with Crippen LogP contribution in [0.5, 0.6) is 5.75 Å². The highest BCUT2D eigenvalue weighted by atomic mass is 16.3.